The van der Waals surface area contributed by atoms with Crippen LogP contribution in [-0.4, -0.2) is 26.6 Å². The average molecular weight is 389 g/mol. The number of hydrogen-bond donors (Lipinski definition) is 1. The van der Waals surface area contributed by atoms with Gasteiger partial charge in [0.1, 0.15) is 5.75 Å². The zero-order chi connectivity index (χ0) is 17.1. The standard InChI is InChI=1S/C19H21BrN2O2/c1-22-9-3-4-14-10-13(5-8-18(14)22)12-21-19(23)16-11-15(24-2)6-7-17(16)20/h5-8,10-11H,3-4,9,12H2,1-2H3,(H,21,23). The fourth-order valence-electron chi connectivity index (χ4n) is 3.03. The van der Waals surface area contributed by atoms with Gasteiger partial charge in [-0.15, -0.1) is 0 Å². The number of methoxy groups -OCH3 is 1. The van der Waals surface area contributed by atoms with Gasteiger partial charge in [0.15, 0.2) is 0 Å². The van der Waals surface area contributed by atoms with Crippen LogP contribution in [0.4, 0.5) is 5.69 Å². The summed E-state index contributed by atoms with van der Waals surface area (Å²) in [7, 11) is 3.72. The van der Waals surface area contributed by atoms with Crippen molar-refractivity contribution in [3.05, 3.63) is 57.6 Å². The smallest absolute Gasteiger partial charge is 0.252 e. The molecule has 0 radical (unpaired) electrons. The van der Waals surface area contributed by atoms with Crippen molar-refractivity contribution in [2.24, 2.45) is 0 Å². The summed E-state index contributed by atoms with van der Waals surface area (Å²) in [6.45, 7) is 1.62. The second-order valence-electron chi connectivity index (χ2n) is 6.02. The molecule has 1 amide bonds. The van der Waals surface area contributed by atoms with Crippen molar-refractivity contribution >= 4 is 27.5 Å². The Bertz CT molecular complexity index is 761. The highest BCUT2D eigenvalue weighted by Gasteiger charge is 2.15. The second kappa shape index (κ2) is 7.26. The van der Waals surface area contributed by atoms with Crippen LogP contribution in [0.15, 0.2) is 40.9 Å². The maximum Gasteiger partial charge on any atom is 0.252 e. The van der Waals surface area contributed by atoms with Gasteiger partial charge in [0.2, 0.25) is 0 Å². The van der Waals surface area contributed by atoms with Crippen LogP contribution in [0.5, 0.6) is 5.75 Å². The van der Waals surface area contributed by atoms with E-state index in [0.717, 1.165) is 23.0 Å². The third-order valence-corrected chi connectivity index (χ3v) is 5.06. The number of benzene rings is 2. The van der Waals surface area contributed by atoms with Gasteiger partial charge in [-0.25, -0.2) is 0 Å². The van der Waals surface area contributed by atoms with Gasteiger partial charge in [-0.1, -0.05) is 12.1 Å². The second-order valence-corrected chi connectivity index (χ2v) is 6.87. The lowest BCUT2D eigenvalue weighted by Gasteiger charge is -2.27. The molecule has 1 heterocycles. The highest BCUT2D eigenvalue weighted by molar-refractivity contribution is 9.10. The first-order valence-corrected chi connectivity index (χ1v) is 8.82. The van der Waals surface area contributed by atoms with E-state index in [0.29, 0.717) is 17.9 Å². The van der Waals surface area contributed by atoms with Crippen molar-refractivity contribution in [1.82, 2.24) is 5.32 Å². The highest BCUT2D eigenvalue weighted by Crippen LogP contribution is 2.27. The fraction of sp³-hybridized carbons (Fsp3) is 0.316. The van der Waals surface area contributed by atoms with Gasteiger partial charge >= 0.3 is 0 Å². The van der Waals surface area contributed by atoms with Crippen LogP contribution in [0.2, 0.25) is 0 Å². The summed E-state index contributed by atoms with van der Waals surface area (Å²) < 4.78 is 5.95. The first kappa shape index (κ1) is 16.8. The number of hydrogen-bond acceptors (Lipinski definition) is 3. The lowest BCUT2D eigenvalue weighted by atomic mass is 9.99. The lowest BCUT2D eigenvalue weighted by molar-refractivity contribution is 0.0950. The van der Waals surface area contributed by atoms with E-state index in [-0.39, 0.29) is 5.91 Å². The molecule has 3 rings (SSSR count). The minimum absolute atomic E-state index is 0.115. The van der Waals surface area contributed by atoms with E-state index in [2.05, 4.69) is 51.4 Å². The molecule has 0 aliphatic carbocycles. The molecule has 1 aliphatic rings. The van der Waals surface area contributed by atoms with Gasteiger partial charge in [0, 0.05) is 30.3 Å². The van der Waals surface area contributed by atoms with Gasteiger partial charge in [-0.3, -0.25) is 4.79 Å². The molecular formula is C19H21BrN2O2. The molecule has 0 spiro atoms. The Morgan fingerprint density at radius 2 is 2.12 bits per heavy atom. The van der Waals surface area contributed by atoms with Crippen LogP contribution in [-0.2, 0) is 13.0 Å². The monoisotopic (exact) mass is 388 g/mol. The molecule has 126 valence electrons. The van der Waals surface area contributed by atoms with Gasteiger partial charge in [0.25, 0.3) is 5.91 Å². The average Bonchev–Trinajstić information content (AvgIpc) is 2.60. The summed E-state index contributed by atoms with van der Waals surface area (Å²) >= 11 is 3.42. The highest BCUT2D eigenvalue weighted by atomic mass is 79.9. The first-order valence-electron chi connectivity index (χ1n) is 8.03. The van der Waals surface area contributed by atoms with Crippen molar-refractivity contribution < 1.29 is 9.53 Å². The van der Waals surface area contributed by atoms with Crippen molar-refractivity contribution in [2.45, 2.75) is 19.4 Å². The Kier molecular flexibility index (Phi) is 5.09. The number of rotatable bonds is 4. The minimum atomic E-state index is -0.115. The van der Waals surface area contributed by atoms with Crippen molar-refractivity contribution in [3.63, 3.8) is 0 Å². The predicted molar refractivity (Wildman–Crippen MR) is 99.9 cm³/mol. The maximum absolute atomic E-state index is 12.4. The molecule has 0 fully saturated rings. The molecule has 24 heavy (non-hydrogen) atoms. The Morgan fingerprint density at radius 1 is 1.29 bits per heavy atom. The van der Waals surface area contributed by atoms with Crippen molar-refractivity contribution in [2.75, 3.05) is 25.6 Å². The number of aryl methyl sites for hydroxylation is 1. The SMILES string of the molecule is COc1ccc(Br)c(C(=O)NCc2ccc3c(c2)CCCN3C)c1. The number of nitrogens with zero attached hydrogens (tertiary/aromatic N) is 1. The van der Waals surface area contributed by atoms with E-state index in [1.165, 1.54) is 17.7 Å². The van der Waals surface area contributed by atoms with Gasteiger partial charge in [0.05, 0.1) is 12.7 Å². The summed E-state index contributed by atoms with van der Waals surface area (Å²) in [4.78, 5) is 14.7. The summed E-state index contributed by atoms with van der Waals surface area (Å²) in [5.41, 5.74) is 4.35. The van der Waals surface area contributed by atoms with Crippen LogP contribution in [0.3, 0.4) is 0 Å². The zero-order valence-corrected chi connectivity index (χ0v) is 15.5. The first-order chi connectivity index (χ1) is 11.6. The van der Waals surface area contributed by atoms with E-state index in [1.54, 1.807) is 13.2 Å². The van der Waals surface area contributed by atoms with Crippen LogP contribution in [0.25, 0.3) is 0 Å². The summed E-state index contributed by atoms with van der Waals surface area (Å²) in [6.07, 6.45) is 2.28. The Morgan fingerprint density at radius 3 is 2.92 bits per heavy atom. The number of fused-ring (bicyclic) bond motifs is 1. The molecular weight excluding hydrogens is 368 g/mol. The molecule has 0 saturated heterocycles. The van der Waals surface area contributed by atoms with Gasteiger partial charge in [-0.05, 0) is 64.2 Å². The quantitative estimate of drug-likeness (QED) is 0.866. The number of halogens is 1. The molecule has 1 aliphatic heterocycles. The zero-order valence-electron chi connectivity index (χ0n) is 13.9. The van der Waals surface area contributed by atoms with E-state index < -0.39 is 0 Å². The van der Waals surface area contributed by atoms with E-state index in [9.17, 15) is 4.79 Å². The van der Waals surface area contributed by atoms with E-state index in [4.69, 9.17) is 4.74 Å². The number of amides is 1. The number of carbonyl (C=O) groups excluding carboxylic acids is 1. The van der Waals surface area contributed by atoms with E-state index in [1.807, 2.05) is 12.1 Å². The molecule has 0 unspecified atom stereocenters. The molecule has 4 nitrogen and oxygen atoms in total. The molecule has 1 N–H and O–H groups in total. The molecule has 0 saturated carbocycles. The number of ether oxygens (including phenoxy) is 1. The fourth-order valence-corrected chi connectivity index (χ4v) is 3.46. The Balaban J connectivity index is 1.71. The normalized spacial score (nSPS) is 13.4. The summed E-state index contributed by atoms with van der Waals surface area (Å²) in [5, 5.41) is 2.99. The van der Waals surface area contributed by atoms with Crippen LogP contribution >= 0.6 is 15.9 Å². The van der Waals surface area contributed by atoms with Crippen LogP contribution in [0, 0.1) is 0 Å². The Hall–Kier alpha value is -2.01. The maximum atomic E-state index is 12.4. The van der Waals surface area contributed by atoms with Crippen molar-refractivity contribution in [1.29, 1.82) is 0 Å². The van der Waals surface area contributed by atoms with Gasteiger partial charge in [-0.2, -0.15) is 0 Å². The third kappa shape index (κ3) is 3.56. The van der Waals surface area contributed by atoms with Crippen LogP contribution < -0.4 is 15.0 Å². The number of carbonyl (C=O) groups is 1. The Labute approximate surface area is 150 Å². The molecule has 0 bridgehead atoms. The predicted octanol–water partition coefficient (Wildman–Crippen LogP) is 3.77. The van der Waals surface area contributed by atoms with Crippen LogP contribution in [0.1, 0.15) is 27.9 Å². The summed E-state index contributed by atoms with van der Waals surface area (Å²) in [6, 6.07) is 11.8. The molecule has 5 heteroatoms. The summed E-state index contributed by atoms with van der Waals surface area (Å²) in [5.74, 6) is 0.552. The lowest BCUT2D eigenvalue weighted by Crippen LogP contribution is -2.26. The number of nitrogens with one attached hydrogen (secondary N) is 1. The van der Waals surface area contributed by atoms with Gasteiger partial charge < -0.3 is 15.0 Å². The largest absolute Gasteiger partial charge is 0.497 e. The number of anilines is 1. The molecule has 0 aromatic heterocycles. The molecule has 2 aromatic rings. The van der Waals surface area contributed by atoms with E-state index >= 15 is 0 Å². The molecule has 0 atom stereocenters. The minimum Gasteiger partial charge on any atom is -0.497 e. The molecule has 2 aromatic carbocycles. The van der Waals surface area contributed by atoms with Crippen molar-refractivity contribution in [3.8, 4) is 5.75 Å². The third-order valence-electron chi connectivity index (χ3n) is 4.37. The topological polar surface area (TPSA) is 41.6 Å².